The average Bonchev–Trinajstić information content (AvgIpc) is 1.36. The molecule has 0 N–H and O–H groups in total. The van der Waals surface area contributed by atoms with E-state index in [1.807, 2.05) is 0 Å². The van der Waals surface area contributed by atoms with Gasteiger partial charge in [0.2, 0.25) is 0 Å². The van der Waals surface area contributed by atoms with E-state index < -0.39 is 5.60 Å². The number of rotatable bonds is 0. The van der Waals surface area contributed by atoms with E-state index in [2.05, 4.69) is 12.8 Å². The molecule has 2 heteroatoms. The summed E-state index contributed by atoms with van der Waals surface area (Å²) in [6, 6.07) is 0. The Labute approximate surface area is 94.3 Å². The molecule has 42 valence electrons. The molecule has 0 aromatic rings. The van der Waals surface area contributed by atoms with Gasteiger partial charge in [-0.2, -0.15) is 0 Å². The Morgan fingerprint density at radius 3 is 1.12 bits per heavy atom. The van der Waals surface area contributed by atoms with E-state index in [9.17, 15) is 5.11 Å². The largest absolute Gasteiger partial charge is 1.00 e. The molecule has 1 nitrogen and oxygen atoms in total. The molecule has 0 radical (unpaired) electrons. The van der Waals surface area contributed by atoms with Gasteiger partial charge in [0.1, 0.15) is 0 Å². The first-order valence-corrected chi connectivity index (χ1v) is 2.04. The smallest absolute Gasteiger partial charge is 0.850 e. The van der Waals surface area contributed by atoms with Gasteiger partial charge in [0.05, 0.1) is 0 Å². The van der Waals surface area contributed by atoms with Crippen LogP contribution in [0.2, 0.25) is 0 Å². The van der Waals surface area contributed by atoms with Gasteiger partial charge in [-0.25, -0.2) is 0 Å². The second-order valence-corrected chi connectivity index (χ2v) is 2.11. The van der Waals surface area contributed by atoms with Crippen LogP contribution in [0.4, 0.5) is 0 Å². The van der Waals surface area contributed by atoms with Gasteiger partial charge in [-0.1, -0.05) is 20.8 Å². The predicted octanol–water partition coefficient (Wildman–Crippen LogP) is -2.60. The SMILES string of the molecule is C#C.CC(C)(C)[O-].[K+]. The van der Waals surface area contributed by atoms with Crippen LogP contribution in [0.1, 0.15) is 20.8 Å². The first-order chi connectivity index (χ1) is 3.00. The quantitative estimate of drug-likeness (QED) is 0.266. The van der Waals surface area contributed by atoms with E-state index in [1.54, 1.807) is 20.8 Å². The van der Waals surface area contributed by atoms with Crippen molar-refractivity contribution in [2.45, 2.75) is 26.4 Å². The van der Waals surface area contributed by atoms with Crippen LogP contribution in [0.3, 0.4) is 0 Å². The van der Waals surface area contributed by atoms with Gasteiger partial charge in [-0.3, -0.25) is 0 Å². The summed E-state index contributed by atoms with van der Waals surface area (Å²) >= 11 is 0. The molecule has 0 amide bonds. The summed E-state index contributed by atoms with van der Waals surface area (Å²) in [6.45, 7) is 4.90. The Morgan fingerprint density at radius 2 is 1.12 bits per heavy atom. The zero-order valence-corrected chi connectivity index (χ0v) is 9.19. The van der Waals surface area contributed by atoms with Crippen molar-refractivity contribution in [3.63, 3.8) is 0 Å². The van der Waals surface area contributed by atoms with Crippen LogP contribution in [-0.4, -0.2) is 5.60 Å². The number of hydrogen-bond acceptors (Lipinski definition) is 1. The standard InChI is InChI=1S/C4H9O.C2H2.K/c1-4(2,3)5;1-2;/h1-3H3;1-2H;/q-1;;+1. The molecule has 0 aromatic heterocycles. The third kappa shape index (κ3) is 203. The molecule has 0 saturated heterocycles. The van der Waals surface area contributed by atoms with Gasteiger partial charge in [0.25, 0.3) is 0 Å². The maximum absolute atomic E-state index is 10.1. The zero-order chi connectivity index (χ0) is 6.50. The van der Waals surface area contributed by atoms with Crippen LogP contribution in [0.5, 0.6) is 0 Å². The second-order valence-electron chi connectivity index (χ2n) is 2.11. The summed E-state index contributed by atoms with van der Waals surface area (Å²) in [6.07, 6.45) is 8.00. The molecular formula is C6H11KO. The zero-order valence-electron chi connectivity index (χ0n) is 6.06. The summed E-state index contributed by atoms with van der Waals surface area (Å²) in [5, 5.41) is 10.1. The van der Waals surface area contributed by atoms with Gasteiger partial charge in [0, 0.05) is 0 Å². The molecule has 0 rings (SSSR count). The van der Waals surface area contributed by atoms with Crippen molar-refractivity contribution in [2.75, 3.05) is 0 Å². The van der Waals surface area contributed by atoms with Crippen LogP contribution >= 0.6 is 0 Å². The Morgan fingerprint density at radius 1 is 1.12 bits per heavy atom. The minimum atomic E-state index is -0.750. The van der Waals surface area contributed by atoms with E-state index in [1.165, 1.54) is 0 Å². The monoisotopic (exact) mass is 138 g/mol. The summed E-state index contributed by atoms with van der Waals surface area (Å²) in [4.78, 5) is 0. The van der Waals surface area contributed by atoms with Crippen LogP contribution < -0.4 is 56.5 Å². The average molecular weight is 138 g/mol. The van der Waals surface area contributed by atoms with Crippen LogP contribution in [0.25, 0.3) is 0 Å². The molecule has 8 heavy (non-hydrogen) atoms. The summed E-state index contributed by atoms with van der Waals surface area (Å²) in [5.41, 5.74) is -0.750. The van der Waals surface area contributed by atoms with Crippen molar-refractivity contribution >= 4 is 0 Å². The minimum absolute atomic E-state index is 0. The van der Waals surface area contributed by atoms with Crippen molar-refractivity contribution in [1.29, 1.82) is 0 Å². The third-order valence-corrected chi connectivity index (χ3v) is 0. The van der Waals surface area contributed by atoms with E-state index in [0.29, 0.717) is 0 Å². The molecule has 0 aliphatic carbocycles. The van der Waals surface area contributed by atoms with Crippen LogP contribution in [-0.2, 0) is 0 Å². The molecule has 0 fully saturated rings. The van der Waals surface area contributed by atoms with Crippen LogP contribution in [0, 0.1) is 12.8 Å². The van der Waals surface area contributed by atoms with Gasteiger partial charge in [0.15, 0.2) is 0 Å². The summed E-state index contributed by atoms with van der Waals surface area (Å²) in [7, 11) is 0. The Hall–Kier alpha value is 1.16. The number of hydrogen-bond donors (Lipinski definition) is 0. The fraction of sp³-hybridized carbons (Fsp3) is 0.667. The van der Waals surface area contributed by atoms with Crippen LogP contribution in [0.15, 0.2) is 0 Å². The molecule has 0 heterocycles. The van der Waals surface area contributed by atoms with Crippen molar-refractivity contribution in [2.24, 2.45) is 0 Å². The number of terminal acetylenes is 1. The summed E-state index contributed by atoms with van der Waals surface area (Å²) in [5.74, 6) is 0. The fourth-order valence-corrected chi connectivity index (χ4v) is 0. The maximum Gasteiger partial charge on any atom is 1.00 e. The molecular weight excluding hydrogens is 127 g/mol. The molecule has 0 aromatic carbocycles. The molecule has 0 aliphatic heterocycles. The first-order valence-electron chi connectivity index (χ1n) is 2.04. The van der Waals surface area contributed by atoms with E-state index in [0.717, 1.165) is 0 Å². The molecule has 0 atom stereocenters. The van der Waals surface area contributed by atoms with Gasteiger partial charge >= 0.3 is 51.4 Å². The topological polar surface area (TPSA) is 23.1 Å². The van der Waals surface area contributed by atoms with E-state index in [4.69, 9.17) is 0 Å². The molecule has 0 aliphatic rings. The Kier molecular flexibility index (Phi) is 16.4. The van der Waals surface area contributed by atoms with Crippen molar-refractivity contribution in [1.82, 2.24) is 0 Å². The Balaban J connectivity index is -0.0000000750. The third-order valence-electron chi connectivity index (χ3n) is 0. The predicted molar refractivity (Wildman–Crippen MR) is 29.6 cm³/mol. The molecule has 0 spiro atoms. The molecule has 0 bridgehead atoms. The van der Waals surface area contributed by atoms with E-state index in [-0.39, 0.29) is 51.4 Å². The van der Waals surface area contributed by atoms with E-state index >= 15 is 0 Å². The molecule has 0 saturated carbocycles. The maximum atomic E-state index is 10.1. The normalized spacial score (nSPS) is 7.75. The van der Waals surface area contributed by atoms with Crippen molar-refractivity contribution in [3.05, 3.63) is 0 Å². The fourth-order valence-electron chi connectivity index (χ4n) is 0. The molecule has 0 unspecified atom stereocenters. The second kappa shape index (κ2) is 8.16. The first kappa shape index (κ1) is 16.1. The minimum Gasteiger partial charge on any atom is -0.850 e. The van der Waals surface area contributed by atoms with Gasteiger partial charge in [-0.05, 0) is 0 Å². The van der Waals surface area contributed by atoms with Gasteiger partial charge < -0.3 is 5.11 Å². The van der Waals surface area contributed by atoms with Crippen molar-refractivity contribution < 1.29 is 56.5 Å². The van der Waals surface area contributed by atoms with Crippen molar-refractivity contribution in [3.8, 4) is 12.8 Å². The summed E-state index contributed by atoms with van der Waals surface area (Å²) < 4.78 is 0. The Bertz CT molecular complexity index is 45.3. The van der Waals surface area contributed by atoms with Gasteiger partial charge in [-0.15, -0.1) is 18.4 Å².